The van der Waals surface area contributed by atoms with Gasteiger partial charge in [0.2, 0.25) is 0 Å². The van der Waals surface area contributed by atoms with Crippen LogP contribution in [0.15, 0.2) is 31.7 Å². The van der Waals surface area contributed by atoms with Crippen LogP contribution in [0.2, 0.25) is 0 Å². The minimum Gasteiger partial charge on any atom is -0.481 e. The molecule has 182 valence electrons. The minimum absolute atomic E-state index is 0.0613. The fraction of sp³-hybridized carbons (Fsp3) is 0.455. The average Bonchev–Trinajstić information content (AvgIpc) is 3.28. The SMILES string of the molecule is CCOCCOC(=O)COc1ccc(OCC(=O)OCCOCC)c2c1SC(=C(C#N)C#N)S2. The lowest BCUT2D eigenvalue weighted by Gasteiger charge is -2.13. The van der Waals surface area contributed by atoms with E-state index in [1.54, 1.807) is 12.1 Å². The van der Waals surface area contributed by atoms with Gasteiger partial charge >= 0.3 is 11.9 Å². The smallest absolute Gasteiger partial charge is 0.344 e. The summed E-state index contributed by atoms with van der Waals surface area (Å²) in [4.78, 5) is 25.0. The Morgan fingerprint density at radius 2 is 1.24 bits per heavy atom. The number of carbonyl (C=O) groups is 2. The lowest BCUT2D eigenvalue weighted by molar-refractivity contribution is -0.148. The van der Waals surface area contributed by atoms with Gasteiger partial charge in [0.25, 0.3) is 0 Å². The number of rotatable bonds is 14. The highest BCUT2D eigenvalue weighted by Gasteiger charge is 2.29. The summed E-state index contributed by atoms with van der Waals surface area (Å²) in [5.41, 5.74) is -0.0613. The quantitative estimate of drug-likeness (QED) is 0.207. The maximum absolute atomic E-state index is 11.9. The molecule has 0 aromatic heterocycles. The van der Waals surface area contributed by atoms with Crippen molar-refractivity contribution >= 4 is 35.5 Å². The molecule has 0 radical (unpaired) electrons. The van der Waals surface area contributed by atoms with Gasteiger partial charge in [-0.05, 0) is 26.0 Å². The molecule has 0 amide bonds. The van der Waals surface area contributed by atoms with Gasteiger partial charge in [-0.15, -0.1) is 0 Å². The molecule has 0 fully saturated rings. The van der Waals surface area contributed by atoms with Crippen molar-refractivity contribution < 1.29 is 38.0 Å². The molecule has 1 heterocycles. The highest BCUT2D eigenvalue weighted by atomic mass is 32.2. The maximum atomic E-state index is 11.9. The number of hydrogen-bond acceptors (Lipinski definition) is 12. The highest BCUT2D eigenvalue weighted by molar-refractivity contribution is 8.24. The first-order chi connectivity index (χ1) is 16.5. The van der Waals surface area contributed by atoms with Crippen molar-refractivity contribution in [3.63, 3.8) is 0 Å². The summed E-state index contributed by atoms with van der Waals surface area (Å²) in [6, 6.07) is 6.88. The summed E-state index contributed by atoms with van der Waals surface area (Å²) in [5.74, 6) is -0.424. The van der Waals surface area contributed by atoms with Gasteiger partial charge in [0.1, 0.15) is 42.4 Å². The molecule has 0 N–H and O–H groups in total. The monoisotopic (exact) mass is 508 g/mol. The Morgan fingerprint density at radius 1 is 0.794 bits per heavy atom. The van der Waals surface area contributed by atoms with Gasteiger partial charge in [0.15, 0.2) is 13.2 Å². The van der Waals surface area contributed by atoms with Crippen molar-refractivity contribution in [1.82, 2.24) is 0 Å². The van der Waals surface area contributed by atoms with Crippen LogP contribution < -0.4 is 9.47 Å². The number of nitriles is 2. The molecule has 1 aromatic carbocycles. The second kappa shape index (κ2) is 15.1. The van der Waals surface area contributed by atoms with Crippen LogP contribution in [0, 0.1) is 22.7 Å². The molecule has 0 aliphatic carbocycles. The van der Waals surface area contributed by atoms with Gasteiger partial charge in [0, 0.05) is 13.2 Å². The summed E-state index contributed by atoms with van der Waals surface area (Å²) < 4.78 is 32.0. The van der Waals surface area contributed by atoms with Crippen LogP contribution >= 0.6 is 23.5 Å². The zero-order valence-electron chi connectivity index (χ0n) is 18.8. The standard InChI is InChI=1S/C22H24N2O8S2/c1-3-27-7-9-29-18(25)13-31-16-5-6-17(32-14-19(26)30-10-8-28-4-2)21-20(16)33-22(34-21)15(11-23)12-24/h5-6H,3-4,7-10,13-14H2,1-2H3. The molecule has 34 heavy (non-hydrogen) atoms. The molecule has 0 atom stereocenters. The predicted octanol–water partition coefficient (Wildman–Crippen LogP) is 3.06. The number of thioether (sulfide) groups is 2. The molecule has 0 bridgehead atoms. The van der Waals surface area contributed by atoms with Crippen molar-refractivity contribution in [2.45, 2.75) is 23.6 Å². The van der Waals surface area contributed by atoms with Gasteiger partial charge in [0.05, 0.1) is 27.2 Å². The van der Waals surface area contributed by atoms with Crippen LogP contribution in [0.4, 0.5) is 0 Å². The van der Waals surface area contributed by atoms with Crippen LogP contribution in [0.3, 0.4) is 0 Å². The summed E-state index contributed by atoms with van der Waals surface area (Å²) in [6.45, 7) is 4.89. The number of carbonyl (C=O) groups excluding carboxylic acids is 2. The van der Waals surface area contributed by atoms with Crippen LogP contribution in [0.25, 0.3) is 0 Å². The fourth-order valence-corrected chi connectivity index (χ4v) is 4.96. The van der Waals surface area contributed by atoms with Crippen molar-refractivity contribution in [3.8, 4) is 23.6 Å². The Labute approximate surface area is 206 Å². The Morgan fingerprint density at radius 3 is 1.62 bits per heavy atom. The van der Waals surface area contributed by atoms with E-state index in [2.05, 4.69) is 0 Å². The molecule has 1 aliphatic rings. The number of fused-ring (bicyclic) bond motifs is 1. The second-order valence-corrected chi connectivity index (χ2v) is 8.52. The van der Waals surface area contributed by atoms with Gasteiger partial charge in [-0.1, -0.05) is 23.5 Å². The summed E-state index contributed by atoms with van der Waals surface area (Å²) >= 11 is 2.30. The Bertz CT molecular complexity index is 909. The molecule has 0 saturated heterocycles. The zero-order chi connectivity index (χ0) is 24.8. The number of ether oxygens (including phenoxy) is 6. The van der Waals surface area contributed by atoms with E-state index in [0.29, 0.717) is 52.0 Å². The molecule has 12 heteroatoms. The second-order valence-electron chi connectivity index (χ2n) is 6.22. The Kier molecular flexibility index (Phi) is 12.1. The van der Waals surface area contributed by atoms with Gasteiger partial charge in [-0.2, -0.15) is 10.5 Å². The first kappa shape index (κ1) is 27.3. The third-order valence-corrected chi connectivity index (χ3v) is 6.56. The minimum atomic E-state index is -0.565. The van der Waals surface area contributed by atoms with E-state index < -0.39 is 11.9 Å². The highest BCUT2D eigenvalue weighted by Crippen LogP contribution is 2.58. The van der Waals surface area contributed by atoms with Gasteiger partial charge < -0.3 is 28.4 Å². The number of hydrogen-bond donors (Lipinski definition) is 0. The molecule has 0 unspecified atom stereocenters. The zero-order valence-corrected chi connectivity index (χ0v) is 20.4. The average molecular weight is 509 g/mol. The molecular formula is C22H24N2O8S2. The Balaban J connectivity index is 2.09. The molecule has 1 aromatic rings. The number of nitrogens with zero attached hydrogens (tertiary/aromatic N) is 2. The van der Waals surface area contributed by atoms with E-state index in [9.17, 15) is 20.1 Å². The van der Waals surface area contributed by atoms with E-state index >= 15 is 0 Å². The third kappa shape index (κ3) is 8.47. The van der Waals surface area contributed by atoms with Crippen molar-refractivity contribution in [3.05, 3.63) is 21.9 Å². The molecular weight excluding hydrogens is 484 g/mol. The third-order valence-electron chi connectivity index (χ3n) is 3.94. The summed E-state index contributed by atoms with van der Waals surface area (Å²) in [7, 11) is 0. The molecule has 0 saturated carbocycles. The van der Waals surface area contributed by atoms with E-state index in [1.165, 1.54) is 0 Å². The lowest BCUT2D eigenvalue weighted by atomic mass is 10.3. The van der Waals surface area contributed by atoms with Crippen molar-refractivity contribution in [1.29, 1.82) is 10.5 Å². The Hall–Kier alpha value is -2.90. The van der Waals surface area contributed by atoms with E-state index in [-0.39, 0.29) is 32.0 Å². The predicted molar refractivity (Wildman–Crippen MR) is 122 cm³/mol. The first-order valence-electron chi connectivity index (χ1n) is 10.3. The normalized spacial score (nSPS) is 11.7. The van der Waals surface area contributed by atoms with Crippen LogP contribution in [0.1, 0.15) is 13.8 Å². The van der Waals surface area contributed by atoms with Gasteiger partial charge in [-0.25, -0.2) is 9.59 Å². The van der Waals surface area contributed by atoms with Gasteiger partial charge in [-0.3, -0.25) is 0 Å². The van der Waals surface area contributed by atoms with Crippen LogP contribution in [0.5, 0.6) is 11.5 Å². The van der Waals surface area contributed by atoms with E-state index in [4.69, 9.17) is 28.4 Å². The largest absolute Gasteiger partial charge is 0.481 e. The van der Waals surface area contributed by atoms with Crippen LogP contribution in [-0.4, -0.2) is 64.8 Å². The molecule has 2 rings (SSSR count). The van der Waals surface area contributed by atoms with Crippen LogP contribution in [-0.2, 0) is 28.5 Å². The van der Waals surface area contributed by atoms with E-state index in [1.807, 2.05) is 26.0 Å². The molecule has 1 aliphatic heterocycles. The first-order valence-corrected chi connectivity index (χ1v) is 12.0. The summed E-state index contributed by atoms with van der Waals surface area (Å²) in [6.07, 6.45) is 0. The lowest BCUT2D eigenvalue weighted by Crippen LogP contribution is -2.18. The van der Waals surface area contributed by atoms with Crippen molar-refractivity contribution in [2.24, 2.45) is 0 Å². The topological polar surface area (TPSA) is 137 Å². The number of esters is 2. The number of benzene rings is 1. The molecule has 0 spiro atoms. The van der Waals surface area contributed by atoms with Crippen molar-refractivity contribution in [2.75, 3.05) is 52.9 Å². The summed E-state index contributed by atoms with van der Waals surface area (Å²) in [5, 5.41) is 18.5. The van der Waals surface area contributed by atoms with E-state index in [0.717, 1.165) is 23.5 Å². The number of allylic oxidation sites excluding steroid dienone is 1. The molecule has 10 nitrogen and oxygen atoms in total. The fourth-order valence-electron chi connectivity index (χ4n) is 2.45. The maximum Gasteiger partial charge on any atom is 0.344 e.